The summed E-state index contributed by atoms with van der Waals surface area (Å²) in [6.45, 7) is 3.79. The predicted octanol–water partition coefficient (Wildman–Crippen LogP) is 0.557. The van der Waals surface area contributed by atoms with Crippen LogP contribution in [0.5, 0.6) is 5.88 Å². The van der Waals surface area contributed by atoms with Gasteiger partial charge in [-0.2, -0.15) is 0 Å². The smallest absolute Gasteiger partial charge is 0.264 e. The van der Waals surface area contributed by atoms with Gasteiger partial charge in [0.15, 0.2) is 0 Å². The third-order valence-electron chi connectivity index (χ3n) is 1.01. The van der Waals surface area contributed by atoms with Gasteiger partial charge in [0.05, 0.1) is 6.10 Å². The van der Waals surface area contributed by atoms with E-state index in [2.05, 4.69) is 10.2 Å². The highest BCUT2D eigenvalue weighted by molar-refractivity contribution is 5.05. The first-order valence-corrected chi connectivity index (χ1v) is 3.41. The van der Waals surface area contributed by atoms with Crippen LogP contribution in [0, 0.1) is 0 Å². The van der Waals surface area contributed by atoms with Crippen LogP contribution in [0.1, 0.15) is 13.8 Å². The van der Waals surface area contributed by atoms with E-state index < -0.39 is 0 Å². The van der Waals surface area contributed by atoms with Gasteiger partial charge < -0.3 is 4.74 Å². The molecule has 4 nitrogen and oxygen atoms in total. The first-order valence-electron chi connectivity index (χ1n) is 3.41. The Morgan fingerprint density at radius 3 is 2.73 bits per heavy atom. The number of hydrogen-bond acceptors (Lipinski definition) is 3. The maximum absolute atomic E-state index is 10.5. The zero-order valence-electron chi connectivity index (χ0n) is 6.50. The molecule has 1 N–H and O–H groups in total. The van der Waals surface area contributed by atoms with Crippen molar-refractivity contribution >= 4 is 0 Å². The van der Waals surface area contributed by atoms with Crippen molar-refractivity contribution in [3.05, 3.63) is 22.5 Å². The van der Waals surface area contributed by atoms with Crippen molar-refractivity contribution in [2.24, 2.45) is 0 Å². The van der Waals surface area contributed by atoms with Crippen LogP contribution in [0.3, 0.4) is 0 Å². The molecule has 0 aliphatic rings. The Labute approximate surface area is 64.2 Å². The molecule has 0 spiro atoms. The predicted molar refractivity (Wildman–Crippen MR) is 40.6 cm³/mol. The summed E-state index contributed by atoms with van der Waals surface area (Å²) in [6.07, 6.45) is 0.0772. The van der Waals surface area contributed by atoms with Crippen molar-refractivity contribution in [1.29, 1.82) is 0 Å². The number of nitrogens with zero attached hydrogens (tertiary/aromatic N) is 1. The van der Waals surface area contributed by atoms with Gasteiger partial charge in [-0.3, -0.25) is 4.79 Å². The van der Waals surface area contributed by atoms with Gasteiger partial charge in [-0.05, 0) is 13.8 Å². The lowest BCUT2D eigenvalue weighted by Gasteiger charge is -2.06. The summed E-state index contributed by atoms with van der Waals surface area (Å²) in [7, 11) is 0. The number of hydrogen-bond donors (Lipinski definition) is 1. The Hall–Kier alpha value is -1.32. The molecule has 0 atom stereocenters. The minimum absolute atomic E-state index is 0.0772. The Kier molecular flexibility index (Phi) is 2.25. The molecule has 0 aliphatic heterocycles. The van der Waals surface area contributed by atoms with Gasteiger partial charge in [0.25, 0.3) is 5.56 Å². The number of nitrogens with one attached hydrogen (secondary N) is 1. The van der Waals surface area contributed by atoms with Gasteiger partial charge in [-0.1, -0.05) is 0 Å². The summed E-state index contributed by atoms with van der Waals surface area (Å²) in [5.41, 5.74) is -0.221. The van der Waals surface area contributed by atoms with Crippen LogP contribution in [0.25, 0.3) is 0 Å². The largest absolute Gasteiger partial charge is 0.474 e. The molecule has 1 aromatic heterocycles. The monoisotopic (exact) mass is 154 g/mol. The lowest BCUT2D eigenvalue weighted by atomic mass is 10.5. The van der Waals surface area contributed by atoms with Crippen molar-refractivity contribution in [1.82, 2.24) is 10.2 Å². The number of aromatic nitrogens is 2. The number of H-pyrrole nitrogens is 1. The normalized spacial score (nSPS) is 10.1. The van der Waals surface area contributed by atoms with E-state index in [1.54, 1.807) is 6.07 Å². The van der Waals surface area contributed by atoms with Crippen LogP contribution in [0.2, 0.25) is 0 Å². The fourth-order valence-corrected chi connectivity index (χ4v) is 0.639. The maximum Gasteiger partial charge on any atom is 0.264 e. The van der Waals surface area contributed by atoms with Crippen molar-refractivity contribution in [2.75, 3.05) is 0 Å². The molecule has 0 fully saturated rings. The zero-order valence-corrected chi connectivity index (χ0v) is 6.50. The molecule has 0 unspecified atom stereocenters. The first-order chi connectivity index (χ1) is 5.18. The average molecular weight is 154 g/mol. The van der Waals surface area contributed by atoms with Gasteiger partial charge in [0, 0.05) is 12.1 Å². The molecule has 0 amide bonds. The zero-order chi connectivity index (χ0) is 8.27. The first kappa shape index (κ1) is 7.78. The summed E-state index contributed by atoms with van der Waals surface area (Å²) in [5.74, 6) is 0.444. The molecule has 0 aromatic carbocycles. The Bertz CT molecular complexity index is 260. The fourth-order valence-electron chi connectivity index (χ4n) is 0.639. The van der Waals surface area contributed by atoms with E-state index in [0.717, 1.165) is 0 Å². The fraction of sp³-hybridized carbons (Fsp3) is 0.429. The molecular formula is C7H10N2O2. The lowest BCUT2D eigenvalue weighted by molar-refractivity contribution is 0.229. The second kappa shape index (κ2) is 3.18. The van der Waals surface area contributed by atoms with Crippen molar-refractivity contribution < 1.29 is 4.74 Å². The lowest BCUT2D eigenvalue weighted by Crippen LogP contribution is -2.11. The van der Waals surface area contributed by atoms with Gasteiger partial charge in [-0.15, -0.1) is 5.10 Å². The van der Waals surface area contributed by atoms with Crippen molar-refractivity contribution in [2.45, 2.75) is 20.0 Å². The topological polar surface area (TPSA) is 55.0 Å². The molecule has 0 saturated heterocycles. The molecule has 1 aromatic rings. The van der Waals surface area contributed by atoms with Crippen LogP contribution in [0.4, 0.5) is 0 Å². The van der Waals surface area contributed by atoms with Crippen LogP contribution in [-0.4, -0.2) is 16.3 Å². The summed E-state index contributed by atoms with van der Waals surface area (Å²) in [5, 5.41) is 5.93. The van der Waals surface area contributed by atoms with E-state index in [0.29, 0.717) is 5.88 Å². The molecule has 1 rings (SSSR count). The summed E-state index contributed by atoms with van der Waals surface area (Å²) < 4.78 is 5.19. The third-order valence-corrected chi connectivity index (χ3v) is 1.01. The molecule has 60 valence electrons. The van der Waals surface area contributed by atoms with Crippen LogP contribution >= 0.6 is 0 Å². The minimum atomic E-state index is -0.221. The van der Waals surface area contributed by atoms with Gasteiger partial charge in [0.2, 0.25) is 5.88 Å². The van der Waals surface area contributed by atoms with Gasteiger partial charge in [-0.25, -0.2) is 5.10 Å². The van der Waals surface area contributed by atoms with E-state index in [9.17, 15) is 4.79 Å². The highest BCUT2D eigenvalue weighted by atomic mass is 16.5. The molecule has 4 heteroatoms. The molecular weight excluding hydrogens is 144 g/mol. The van der Waals surface area contributed by atoms with E-state index in [1.165, 1.54) is 6.07 Å². The maximum atomic E-state index is 10.5. The molecule has 0 aliphatic carbocycles. The molecule has 0 radical (unpaired) electrons. The summed E-state index contributed by atoms with van der Waals surface area (Å²) in [4.78, 5) is 10.5. The number of aromatic amines is 1. The van der Waals surface area contributed by atoms with Crippen LogP contribution in [0.15, 0.2) is 16.9 Å². The molecule has 0 saturated carbocycles. The Morgan fingerprint density at radius 1 is 1.55 bits per heavy atom. The second-order valence-electron chi connectivity index (χ2n) is 2.43. The minimum Gasteiger partial charge on any atom is -0.474 e. The summed E-state index contributed by atoms with van der Waals surface area (Å²) >= 11 is 0. The number of ether oxygens (including phenoxy) is 1. The van der Waals surface area contributed by atoms with Crippen molar-refractivity contribution in [3.8, 4) is 5.88 Å². The molecule has 0 bridgehead atoms. The Balaban J connectivity index is 2.74. The standard InChI is InChI=1S/C7H10N2O2/c1-5(2)11-7-4-3-6(10)8-9-7/h3-5H,1-2H3,(H,8,10). The van der Waals surface area contributed by atoms with E-state index in [-0.39, 0.29) is 11.7 Å². The van der Waals surface area contributed by atoms with E-state index in [1.807, 2.05) is 13.8 Å². The van der Waals surface area contributed by atoms with Crippen LogP contribution < -0.4 is 10.3 Å². The Morgan fingerprint density at radius 2 is 2.27 bits per heavy atom. The van der Waals surface area contributed by atoms with Gasteiger partial charge in [0.1, 0.15) is 0 Å². The summed E-state index contributed by atoms with van der Waals surface area (Å²) in [6, 6.07) is 2.92. The molecule has 11 heavy (non-hydrogen) atoms. The van der Waals surface area contributed by atoms with E-state index in [4.69, 9.17) is 4.74 Å². The average Bonchev–Trinajstić information content (AvgIpc) is 1.93. The quantitative estimate of drug-likeness (QED) is 0.677. The highest BCUT2D eigenvalue weighted by Crippen LogP contribution is 2.02. The van der Waals surface area contributed by atoms with Crippen LogP contribution in [-0.2, 0) is 0 Å². The van der Waals surface area contributed by atoms with E-state index >= 15 is 0 Å². The SMILES string of the molecule is CC(C)Oc1ccc(=O)[nH]n1. The second-order valence-corrected chi connectivity index (χ2v) is 2.43. The highest BCUT2D eigenvalue weighted by Gasteiger charge is 1.96. The number of rotatable bonds is 2. The third kappa shape index (κ3) is 2.41. The van der Waals surface area contributed by atoms with Gasteiger partial charge >= 0.3 is 0 Å². The van der Waals surface area contributed by atoms with Crippen molar-refractivity contribution in [3.63, 3.8) is 0 Å². The molecule has 1 heterocycles.